The van der Waals surface area contributed by atoms with Crippen molar-refractivity contribution in [2.75, 3.05) is 46.4 Å². The van der Waals surface area contributed by atoms with Gasteiger partial charge in [-0.3, -0.25) is 9.89 Å². The molecule has 2 N–H and O–H groups in total. The first-order chi connectivity index (χ1) is 12.6. The molecule has 0 saturated carbocycles. The van der Waals surface area contributed by atoms with Gasteiger partial charge in [0.1, 0.15) is 5.76 Å². The Morgan fingerprint density at radius 2 is 2.04 bits per heavy atom. The molecule has 0 atom stereocenters. The fraction of sp³-hybridized carbons (Fsp3) is 0.789. The third-order valence-electron chi connectivity index (χ3n) is 4.88. The average molecular weight is 493 g/mol. The second kappa shape index (κ2) is 13.3. The summed E-state index contributed by atoms with van der Waals surface area (Å²) in [4.78, 5) is 11.2. The number of oxazole rings is 1. The molecule has 1 aromatic heterocycles. The van der Waals surface area contributed by atoms with Crippen LogP contribution >= 0.6 is 24.0 Å². The van der Waals surface area contributed by atoms with E-state index in [1.54, 1.807) is 0 Å². The van der Waals surface area contributed by atoms with Gasteiger partial charge < -0.3 is 19.8 Å². The number of aromatic nitrogens is 1. The molecule has 1 aromatic rings. The Bertz CT molecular complexity index is 537. The molecule has 8 heteroatoms. The van der Waals surface area contributed by atoms with Crippen LogP contribution in [0.25, 0.3) is 0 Å². The van der Waals surface area contributed by atoms with Crippen LogP contribution in [0.2, 0.25) is 0 Å². The van der Waals surface area contributed by atoms with Gasteiger partial charge in [-0.2, -0.15) is 0 Å². The number of halogens is 1. The Balaban J connectivity index is 0.00000364. The van der Waals surface area contributed by atoms with Crippen LogP contribution in [0.15, 0.2) is 9.41 Å². The van der Waals surface area contributed by atoms with Gasteiger partial charge in [0.05, 0.1) is 12.2 Å². The fourth-order valence-corrected chi connectivity index (χ4v) is 3.13. The van der Waals surface area contributed by atoms with Gasteiger partial charge in [0.2, 0.25) is 5.89 Å². The molecule has 0 aromatic carbocycles. The Kier molecular flexibility index (Phi) is 11.9. The quantitative estimate of drug-likeness (QED) is 0.239. The number of nitrogens with zero attached hydrogens (tertiary/aromatic N) is 3. The highest BCUT2D eigenvalue weighted by molar-refractivity contribution is 14.0. The van der Waals surface area contributed by atoms with Crippen molar-refractivity contribution in [3.63, 3.8) is 0 Å². The van der Waals surface area contributed by atoms with Crippen molar-refractivity contribution in [1.82, 2.24) is 20.5 Å². The summed E-state index contributed by atoms with van der Waals surface area (Å²) in [7, 11) is 1.82. The van der Waals surface area contributed by atoms with Crippen LogP contribution in [0, 0.1) is 19.8 Å². The summed E-state index contributed by atoms with van der Waals surface area (Å²) in [5, 5.41) is 6.80. The maximum absolute atomic E-state index is 5.70. The largest absolute Gasteiger partial charge is 0.444 e. The van der Waals surface area contributed by atoms with Crippen molar-refractivity contribution in [1.29, 1.82) is 0 Å². The highest BCUT2D eigenvalue weighted by atomic mass is 127. The van der Waals surface area contributed by atoms with Gasteiger partial charge in [0.15, 0.2) is 5.96 Å². The van der Waals surface area contributed by atoms with Gasteiger partial charge in [-0.05, 0) is 59.0 Å². The topological polar surface area (TPSA) is 74.9 Å². The van der Waals surface area contributed by atoms with Crippen molar-refractivity contribution in [3.8, 4) is 0 Å². The van der Waals surface area contributed by atoms with Crippen molar-refractivity contribution >= 4 is 29.9 Å². The minimum atomic E-state index is 0. The molecular formula is C19H36IN5O2. The smallest absolute Gasteiger partial charge is 0.208 e. The Morgan fingerprint density at radius 1 is 1.30 bits per heavy atom. The van der Waals surface area contributed by atoms with E-state index < -0.39 is 0 Å². The molecule has 0 spiro atoms. The number of likely N-dealkylation sites (tertiary alicyclic amines) is 1. The molecule has 0 aliphatic carbocycles. The van der Waals surface area contributed by atoms with Crippen molar-refractivity contribution in [3.05, 3.63) is 17.3 Å². The van der Waals surface area contributed by atoms with E-state index in [0.717, 1.165) is 75.7 Å². The molecule has 1 saturated heterocycles. The summed E-state index contributed by atoms with van der Waals surface area (Å²) in [6, 6.07) is 0. The number of ether oxygens (including phenoxy) is 1. The number of nitrogens with one attached hydrogen (secondary N) is 2. The van der Waals surface area contributed by atoms with Crippen LogP contribution in [0.1, 0.15) is 43.5 Å². The van der Waals surface area contributed by atoms with E-state index in [9.17, 15) is 0 Å². The van der Waals surface area contributed by atoms with E-state index >= 15 is 0 Å². The van der Waals surface area contributed by atoms with Gasteiger partial charge in [0, 0.05) is 33.4 Å². The molecule has 0 unspecified atom stereocenters. The average Bonchev–Trinajstić information content (AvgIpc) is 2.96. The van der Waals surface area contributed by atoms with E-state index in [-0.39, 0.29) is 24.0 Å². The minimum Gasteiger partial charge on any atom is -0.444 e. The van der Waals surface area contributed by atoms with Crippen molar-refractivity contribution < 1.29 is 9.15 Å². The lowest BCUT2D eigenvalue weighted by atomic mass is 9.97. The Morgan fingerprint density at radius 3 is 2.63 bits per heavy atom. The Labute approximate surface area is 180 Å². The third kappa shape index (κ3) is 8.78. The summed E-state index contributed by atoms with van der Waals surface area (Å²) < 4.78 is 11.0. The summed E-state index contributed by atoms with van der Waals surface area (Å²) in [6.45, 7) is 12.4. The van der Waals surface area contributed by atoms with Crippen LogP contribution in [0.5, 0.6) is 0 Å². The highest BCUT2D eigenvalue weighted by Crippen LogP contribution is 2.19. The second-order valence-corrected chi connectivity index (χ2v) is 6.90. The predicted octanol–water partition coefficient (Wildman–Crippen LogP) is 2.71. The molecule has 0 radical (unpaired) electrons. The number of guanidine groups is 1. The first-order valence-electron chi connectivity index (χ1n) is 9.79. The van der Waals surface area contributed by atoms with Gasteiger partial charge in [-0.25, -0.2) is 4.98 Å². The summed E-state index contributed by atoms with van der Waals surface area (Å²) in [6.07, 6.45) is 3.37. The van der Waals surface area contributed by atoms with Crippen LogP contribution < -0.4 is 10.6 Å². The monoisotopic (exact) mass is 493 g/mol. The molecule has 27 heavy (non-hydrogen) atoms. The molecule has 2 heterocycles. The number of hydrogen-bond donors (Lipinski definition) is 2. The van der Waals surface area contributed by atoms with Gasteiger partial charge in [-0.15, -0.1) is 24.0 Å². The summed E-state index contributed by atoms with van der Waals surface area (Å²) in [5.41, 5.74) is 0.999. The minimum absolute atomic E-state index is 0. The number of piperidine rings is 1. The number of hydrogen-bond acceptors (Lipinski definition) is 5. The number of aryl methyl sites for hydroxylation is 2. The maximum atomic E-state index is 5.70. The summed E-state index contributed by atoms with van der Waals surface area (Å²) >= 11 is 0. The third-order valence-corrected chi connectivity index (χ3v) is 4.88. The molecule has 1 aliphatic heterocycles. The predicted molar refractivity (Wildman–Crippen MR) is 120 cm³/mol. The molecule has 2 rings (SSSR count). The maximum Gasteiger partial charge on any atom is 0.208 e. The van der Waals surface area contributed by atoms with Crippen molar-refractivity contribution in [2.24, 2.45) is 10.9 Å². The zero-order valence-electron chi connectivity index (χ0n) is 17.2. The van der Waals surface area contributed by atoms with Gasteiger partial charge in [0.25, 0.3) is 0 Å². The van der Waals surface area contributed by atoms with E-state index in [2.05, 4.69) is 25.5 Å². The van der Waals surface area contributed by atoms with Crippen LogP contribution in [-0.2, 0) is 11.3 Å². The van der Waals surface area contributed by atoms with Crippen LogP contribution in [-0.4, -0.2) is 62.3 Å². The lowest BCUT2D eigenvalue weighted by molar-refractivity contribution is 0.145. The lowest BCUT2D eigenvalue weighted by Gasteiger charge is -2.31. The highest BCUT2D eigenvalue weighted by Gasteiger charge is 2.21. The Hall–Kier alpha value is -0.870. The zero-order chi connectivity index (χ0) is 18.8. The van der Waals surface area contributed by atoms with Crippen LogP contribution in [0.4, 0.5) is 0 Å². The first kappa shape index (κ1) is 24.2. The van der Waals surface area contributed by atoms with Crippen LogP contribution in [0.3, 0.4) is 0 Å². The molecule has 0 amide bonds. The standard InChI is InChI=1S/C19H35N5O2.HI/c1-5-25-12-6-9-21-19(20-4)22-13-17-7-10-24(11-8-17)14-18-23-15(2)16(3)26-18;/h17H,5-14H2,1-4H3,(H2,20,21,22);1H. The normalized spacial score (nSPS) is 16.2. The number of aliphatic imine (C=N–C) groups is 1. The van der Waals surface area contributed by atoms with Gasteiger partial charge >= 0.3 is 0 Å². The second-order valence-electron chi connectivity index (χ2n) is 6.90. The van der Waals surface area contributed by atoms with E-state index in [0.29, 0.717) is 5.92 Å². The SMILES string of the molecule is CCOCCCNC(=NC)NCC1CCN(Cc2nc(C)c(C)o2)CC1.I. The molecule has 1 fully saturated rings. The van der Waals surface area contributed by atoms with E-state index in [4.69, 9.17) is 9.15 Å². The zero-order valence-corrected chi connectivity index (χ0v) is 19.5. The lowest BCUT2D eigenvalue weighted by Crippen LogP contribution is -2.43. The molecule has 7 nitrogen and oxygen atoms in total. The van der Waals surface area contributed by atoms with E-state index in [1.807, 2.05) is 27.8 Å². The van der Waals surface area contributed by atoms with Crippen molar-refractivity contribution in [2.45, 2.75) is 46.6 Å². The number of rotatable bonds is 9. The molecule has 156 valence electrons. The molecular weight excluding hydrogens is 457 g/mol. The summed E-state index contributed by atoms with van der Waals surface area (Å²) in [5.74, 6) is 3.34. The van der Waals surface area contributed by atoms with Gasteiger partial charge in [-0.1, -0.05) is 0 Å². The molecule has 0 bridgehead atoms. The fourth-order valence-electron chi connectivity index (χ4n) is 3.13. The van der Waals surface area contributed by atoms with E-state index in [1.165, 1.54) is 12.8 Å². The first-order valence-corrected chi connectivity index (χ1v) is 9.79. The molecule has 1 aliphatic rings.